The van der Waals surface area contributed by atoms with Crippen LogP contribution in [0, 0.1) is 0 Å². The molecule has 1 aromatic heterocycles. The summed E-state index contributed by atoms with van der Waals surface area (Å²) in [6.45, 7) is 3.68. The Morgan fingerprint density at radius 2 is 2.06 bits per heavy atom. The second-order valence-electron chi connectivity index (χ2n) is 3.23. The van der Waals surface area contributed by atoms with Crippen molar-refractivity contribution in [3.05, 3.63) is 42.7 Å². The molecule has 0 saturated heterocycles. The number of nitrogens with zero attached hydrogens (tertiary/aromatic N) is 1. The van der Waals surface area contributed by atoms with Gasteiger partial charge in [0.1, 0.15) is 13.2 Å². The summed E-state index contributed by atoms with van der Waals surface area (Å²) in [6.07, 6.45) is 3.72. The van der Waals surface area contributed by atoms with Crippen molar-refractivity contribution < 1.29 is 19.1 Å². The van der Waals surface area contributed by atoms with Gasteiger partial charge >= 0.3 is 12.1 Å². The lowest BCUT2D eigenvalue weighted by atomic mass is 10.3. The summed E-state index contributed by atoms with van der Waals surface area (Å²) in [7, 11) is 0. The zero-order valence-electron chi connectivity index (χ0n) is 9.80. The number of nitrogens with one attached hydrogen (secondary N) is 1. The molecular formula is C12H14N2O4. The van der Waals surface area contributed by atoms with Gasteiger partial charge in [0.2, 0.25) is 0 Å². The van der Waals surface area contributed by atoms with Gasteiger partial charge in [-0.05, 0) is 17.7 Å². The summed E-state index contributed by atoms with van der Waals surface area (Å²) in [5.74, 6) is -0.526. The van der Waals surface area contributed by atoms with Crippen molar-refractivity contribution in [2.24, 2.45) is 0 Å². The fraction of sp³-hybridized carbons (Fsp3) is 0.250. The van der Waals surface area contributed by atoms with E-state index in [1.54, 1.807) is 24.5 Å². The summed E-state index contributed by atoms with van der Waals surface area (Å²) in [5.41, 5.74) is 0.846. The molecular weight excluding hydrogens is 236 g/mol. The van der Waals surface area contributed by atoms with Crippen molar-refractivity contribution in [1.82, 2.24) is 10.3 Å². The van der Waals surface area contributed by atoms with E-state index < -0.39 is 12.1 Å². The largest absolute Gasteiger partial charge is 0.461 e. The number of rotatable bonds is 6. The number of alkyl carbamates (subject to hydrolysis) is 1. The van der Waals surface area contributed by atoms with Gasteiger partial charge in [-0.1, -0.05) is 6.58 Å². The molecule has 0 atom stereocenters. The average Bonchev–Trinajstić information content (AvgIpc) is 2.42. The molecule has 1 N–H and O–H groups in total. The summed E-state index contributed by atoms with van der Waals surface area (Å²) in [5, 5.41) is 2.44. The van der Waals surface area contributed by atoms with E-state index in [-0.39, 0.29) is 19.8 Å². The highest BCUT2D eigenvalue weighted by molar-refractivity contribution is 5.81. The van der Waals surface area contributed by atoms with Gasteiger partial charge < -0.3 is 14.8 Å². The number of hydrogen-bond acceptors (Lipinski definition) is 5. The second-order valence-corrected chi connectivity index (χ2v) is 3.23. The lowest BCUT2D eigenvalue weighted by Gasteiger charge is -2.06. The highest BCUT2D eigenvalue weighted by Gasteiger charge is 2.02. The van der Waals surface area contributed by atoms with Crippen molar-refractivity contribution in [3.8, 4) is 0 Å². The van der Waals surface area contributed by atoms with Crippen LogP contribution in [0.4, 0.5) is 4.79 Å². The number of carbonyl (C=O) groups is 2. The number of carbonyl (C=O) groups excluding carboxylic acids is 2. The van der Waals surface area contributed by atoms with Gasteiger partial charge in [-0.25, -0.2) is 9.59 Å². The first-order valence-corrected chi connectivity index (χ1v) is 5.31. The molecule has 1 aromatic rings. The Hall–Kier alpha value is -2.37. The number of pyridine rings is 1. The molecule has 0 aliphatic carbocycles. The normalized spacial score (nSPS) is 9.33. The van der Waals surface area contributed by atoms with Crippen LogP contribution in [0.2, 0.25) is 0 Å². The minimum atomic E-state index is -0.568. The van der Waals surface area contributed by atoms with E-state index in [1.165, 1.54) is 0 Å². The van der Waals surface area contributed by atoms with E-state index in [9.17, 15) is 9.59 Å². The Balaban J connectivity index is 2.11. The van der Waals surface area contributed by atoms with Crippen LogP contribution in [-0.2, 0) is 20.9 Å². The number of hydrogen-bond donors (Lipinski definition) is 1. The summed E-state index contributed by atoms with van der Waals surface area (Å²) in [4.78, 5) is 25.7. The highest BCUT2D eigenvalue weighted by atomic mass is 16.6. The number of amides is 1. The zero-order valence-corrected chi connectivity index (χ0v) is 9.80. The average molecular weight is 250 g/mol. The monoisotopic (exact) mass is 250 g/mol. The van der Waals surface area contributed by atoms with Gasteiger partial charge in [0, 0.05) is 18.5 Å². The predicted octanol–water partition coefficient (Wildman–Crippen LogP) is 1.04. The fourth-order valence-corrected chi connectivity index (χ4v) is 1.04. The molecule has 18 heavy (non-hydrogen) atoms. The smallest absolute Gasteiger partial charge is 0.407 e. The Morgan fingerprint density at radius 1 is 1.33 bits per heavy atom. The molecule has 0 radical (unpaired) electrons. The molecule has 1 amide bonds. The molecule has 96 valence electrons. The predicted molar refractivity (Wildman–Crippen MR) is 63.6 cm³/mol. The van der Waals surface area contributed by atoms with Gasteiger partial charge in [-0.3, -0.25) is 4.98 Å². The third kappa shape index (κ3) is 5.64. The van der Waals surface area contributed by atoms with Crippen LogP contribution < -0.4 is 5.32 Å². The maximum atomic E-state index is 11.2. The van der Waals surface area contributed by atoms with E-state index >= 15 is 0 Å². The Labute approximate surface area is 105 Å². The lowest BCUT2D eigenvalue weighted by molar-refractivity contribution is -0.137. The summed E-state index contributed by atoms with van der Waals surface area (Å²) < 4.78 is 9.59. The van der Waals surface area contributed by atoms with Crippen molar-refractivity contribution in [3.63, 3.8) is 0 Å². The Morgan fingerprint density at radius 3 is 2.72 bits per heavy atom. The molecule has 6 nitrogen and oxygen atoms in total. The van der Waals surface area contributed by atoms with Crippen LogP contribution in [-0.4, -0.2) is 30.2 Å². The Bertz CT molecular complexity index is 406. The number of ether oxygens (including phenoxy) is 2. The van der Waals surface area contributed by atoms with Crippen LogP contribution in [0.25, 0.3) is 0 Å². The zero-order chi connectivity index (χ0) is 13.2. The van der Waals surface area contributed by atoms with Crippen LogP contribution in [0.15, 0.2) is 37.2 Å². The van der Waals surface area contributed by atoms with Crippen molar-refractivity contribution in [2.75, 3.05) is 13.2 Å². The number of aromatic nitrogens is 1. The van der Waals surface area contributed by atoms with Crippen molar-refractivity contribution in [2.45, 2.75) is 6.61 Å². The quantitative estimate of drug-likeness (QED) is 0.463. The maximum Gasteiger partial charge on any atom is 0.407 e. The third-order valence-corrected chi connectivity index (χ3v) is 1.90. The minimum absolute atomic E-state index is 0.0786. The van der Waals surface area contributed by atoms with E-state index in [0.717, 1.165) is 11.6 Å². The van der Waals surface area contributed by atoms with Gasteiger partial charge in [-0.15, -0.1) is 0 Å². The first-order valence-electron chi connectivity index (χ1n) is 5.31. The van der Waals surface area contributed by atoms with Crippen LogP contribution >= 0.6 is 0 Å². The van der Waals surface area contributed by atoms with Gasteiger partial charge in [0.15, 0.2) is 0 Å². The van der Waals surface area contributed by atoms with Crippen LogP contribution in [0.1, 0.15) is 5.56 Å². The van der Waals surface area contributed by atoms with Crippen molar-refractivity contribution >= 4 is 12.1 Å². The van der Waals surface area contributed by atoms with E-state index in [4.69, 9.17) is 4.74 Å². The molecule has 0 fully saturated rings. The molecule has 0 aliphatic rings. The SMILES string of the molecule is C=CC(=O)OCCNC(=O)OCc1ccncc1. The van der Waals surface area contributed by atoms with E-state index in [2.05, 4.69) is 21.6 Å². The van der Waals surface area contributed by atoms with Crippen molar-refractivity contribution in [1.29, 1.82) is 0 Å². The van der Waals surface area contributed by atoms with Crippen LogP contribution in [0.3, 0.4) is 0 Å². The standard InChI is InChI=1S/C12H14N2O4/c1-2-11(15)17-8-7-14-12(16)18-9-10-3-5-13-6-4-10/h2-6H,1,7-9H2,(H,14,16). The molecule has 6 heteroatoms. The van der Waals surface area contributed by atoms with E-state index in [0.29, 0.717) is 0 Å². The summed E-state index contributed by atoms with van der Waals surface area (Å²) in [6, 6.07) is 3.50. The molecule has 0 spiro atoms. The Kier molecular flexibility index (Phi) is 5.96. The third-order valence-electron chi connectivity index (χ3n) is 1.90. The van der Waals surface area contributed by atoms with Gasteiger partial charge in [-0.2, -0.15) is 0 Å². The van der Waals surface area contributed by atoms with Crippen LogP contribution in [0.5, 0.6) is 0 Å². The molecule has 1 rings (SSSR count). The lowest BCUT2D eigenvalue weighted by Crippen LogP contribution is -2.28. The topological polar surface area (TPSA) is 77.5 Å². The number of esters is 1. The fourth-order valence-electron chi connectivity index (χ4n) is 1.04. The van der Waals surface area contributed by atoms with Gasteiger partial charge in [0.05, 0.1) is 6.54 Å². The van der Waals surface area contributed by atoms with E-state index in [1.807, 2.05) is 0 Å². The molecule has 1 heterocycles. The molecule has 0 aliphatic heterocycles. The highest BCUT2D eigenvalue weighted by Crippen LogP contribution is 1.98. The maximum absolute atomic E-state index is 11.2. The second kappa shape index (κ2) is 7.83. The molecule has 0 bridgehead atoms. The molecule has 0 unspecified atom stereocenters. The molecule has 0 saturated carbocycles. The summed E-state index contributed by atoms with van der Waals surface area (Å²) >= 11 is 0. The first kappa shape index (κ1) is 13.7. The minimum Gasteiger partial charge on any atom is -0.461 e. The molecule has 0 aromatic carbocycles. The van der Waals surface area contributed by atoms with Gasteiger partial charge in [0.25, 0.3) is 0 Å². The first-order chi connectivity index (χ1) is 8.72.